The van der Waals surface area contributed by atoms with Crippen LogP contribution < -0.4 is 11.1 Å². The Morgan fingerprint density at radius 3 is 2.61 bits per heavy atom. The van der Waals surface area contributed by atoms with Crippen LogP contribution in [0.25, 0.3) is 0 Å². The van der Waals surface area contributed by atoms with E-state index in [0.29, 0.717) is 0 Å². The predicted octanol–water partition coefficient (Wildman–Crippen LogP) is 1.51. The molecule has 1 atom stereocenters. The molecule has 1 heterocycles. The van der Waals surface area contributed by atoms with Crippen molar-refractivity contribution in [3.05, 3.63) is 35.6 Å². The summed E-state index contributed by atoms with van der Waals surface area (Å²) in [6.45, 7) is 8.20. The van der Waals surface area contributed by atoms with Crippen molar-refractivity contribution in [1.29, 1.82) is 0 Å². The van der Waals surface area contributed by atoms with Crippen LogP contribution in [0.2, 0.25) is 0 Å². The maximum atomic E-state index is 13.3. The maximum Gasteiger partial charge on any atom is 0.123 e. The molecule has 1 saturated heterocycles. The Balaban J connectivity index is 2.17. The molecule has 0 saturated carbocycles. The van der Waals surface area contributed by atoms with Gasteiger partial charge in [0, 0.05) is 37.8 Å². The number of hydrogen-bond donors (Lipinski definition) is 2. The summed E-state index contributed by atoms with van der Waals surface area (Å²) < 4.78 is 13.3. The van der Waals surface area contributed by atoms with Crippen LogP contribution in [0.5, 0.6) is 0 Å². The fourth-order valence-corrected chi connectivity index (χ4v) is 2.55. The van der Waals surface area contributed by atoms with Gasteiger partial charge in [-0.15, -0.1) is 0 Å². The number of piperazine rings is 1. The second kappa shape index (κ2) is 5.34. The van der Waals surface area contributed by atoms with Gasteiger partial charge in [0.1, 0.15) is 5.82 Å². The van der Waals surface area contributed by atoms with Crippen LogP contribution in [-0.2, 0) is 0 Å². The molecule has 3 nitrogen and oxygen atoms in total. The van der Waals surface area contributed by atoms with Crippen LogP contribution in [0.3, 0.4) is 0 Å². The molecule has 3 N–H and O–H groups in total. The minimum atomic E-state index is -0.223. The second-order valence-corrected chi connectivity index (χ2v) is 5.42. The molecular formula is C14H22FN3. The molecule has 0 amide bonds. The average molecular weight is 251 g/mol. The maximum absolute atomic E-state index is 13.3. The van der Waals surface area contributed by atoms with Crippen LogP contribution in [0, 0.1) is 5.82 Å². The molecule has 0 bridgehead atoms. The number of benzene rings is 1. The molecule has 1 aliphatic rings. The van der Waals surface area contributed by atoms with E-state index in [4.69, 9.17) is 5.73 Å². The van der Waals surface area contributed by atoms with E-state index < -0.39 is 0 Å². The topological polar surface area (TPSA) is 41.3 Å². The molecule has 1 aromatic rings. The van der Waals surface area contributed by atoms with E-state index in [0.717, 1.165) is 31.7 Å². The SMILES string of the molecule is CC(C)(C(N)c1cccc(F)c1)N1CCNCC1. The number of rotatable bonds is 3. The summed E-state index contributed by atoms with van der Waals surface area (Å²) in [5, 5.41) is 3.33. The summed E-state index contributed by atoms with van der Waals surface area (Å²) in [7, 11) is 0. The lowest BCUT2D eigenvalue weighted by Crippen LogP contribution is -2.57. The first-order chi connectivity index (χ1) is 8.51. The van der Waals surface area contributed by atoms with Gasteiger partial charge in [0.2, 0.25) is 0 Å². The van der Waals surface area contributed by atoms with Crippen molar-refractivity contribution in [3.8, 4) is 0 Å². The molecule has 0 radical (unpaired) electrons. The van der Waals surface area contributed by atoms with Crippen LogP contribution >= 0.6 is 0 Å². The van der Waals surface area contributed by atoms with Crippen molar-refractivity contribution in [2.45, 2.75) is 25.4 Å². The number of nitrogens with two attached hydrogens (primary N) is 1. The van der Waals surface area contributed by atoms with Gasteiger partial charge in [-0.1, -0.05) is 12.1 Å². The van der Waals surface area contributed by atoms with Crippen molar-refractivity contribution in [2.75, 3.05) is 26.2 Å². The van der Waals surface area contributed by atoms with E-state index in [1.54, 1.807) is 6.07 Å². The van der Waals surface area contributed by atoms with Gasteiger partial charge >= 0.3 is 0 Å². The largest absolute Gasteiger partial charge is 0.322 e. The molecule has 4 heteroatoms. The monoisotopic (exact) mass is 251 g/mol. The highest BCUT2D eigenvalue weighted by atomic mass is 19.1. The summed E-state index contributed by atoms with van der Waals surface area (Å²) in [6, 6.07) is 6.42. The Hall–Kier alpha value is -0.970. The zero-order valence-electron chi connectivity index (χ0n) is 11.1. The third-order valence-electron chi connectivity index (χ3n) is 3.90. The van der Waals surface area contributed by atoms with Gasteiger partial charge in [-0.25, -0.2) is 4.39 Å². The predicted molar refractivity (Wildman–Crippen MR) is 71.9 cm³/mol. The number of hydrogen-bond acceptors (Lipinski definition) is 3. The second-order valence-electron chi connectivity index (χ2n) is 5.42. The lowest BCUT2D eigenvalue weighted by Gasteiger charge is -2.45. The van der Waals surface area contributed by atoms with Crippen LogP contribution in [0.4, 0.5) is 4.39 Å². The minimum absolute atomic E-state index is 0.171. The molecule has 0 aromatic heterocycles. The standard InChI is InChI=1S/C14H22FN3/c1-14(2,18-8-6-17-7-9-18)13(16)11-4-3-5-12(15)10-11/h3-5,10,13,17H,6-9,16H2,1-2H3. The van der Waals surface area contributed by atoms with E-state index >= 15 is 0 Å². The molecule has 1 aliphatic heterocycles. The van der Waals surface area contributed by atoms with Crippen molar-refractivity contribution >= 4 is 0 Å². The minimum Gasteiger partial charge on any atom is -0.322 e. The number of halogens is 1. The van der Waals surface area contributed by atoms with Crippen molar-refractivity contribution in [1.82, 2.24) is 10.2 Å². The first-order valence-electron chi connectivity index (χ1n) is 6.48. The van der Waals surface area contributed by atoms with E-state index in [2.05, 4.69) is 24.1 Å². The molecule has 2 rings (SSSR count). The zero-order chi connectivity index (χ0) is 13.2. The normalized spacial score (nSPS) is 19.8. The summed E-state index contributed by atoms with van der Waals surface area (Å²) in [5.74, 6) is -0.223. The quantitative estimate of drug-likeness (QED) is 0.855. The Kier molecular flexibility index (Phi) is 4.00. The third-order valence-corrected chi connectivity index (χ3v) is 3.90. The smallest absolute Gasteiger partial charge is 0.123 e. The highest BCUT2D eigenvalue weighted by molar-refractivity contribution is 5.23. The molecule has 100 valence electrons. The zero-order valence-corrected chi connectivity index (χ0v) is 11.1. The first-order valence-corrected chi connectivity index (χ1v) is 6.48. The van der Waals surface area contributed by atoms with E-state index in [9.17, 15) is 4.39 Å². The van der Waals surface area contributed by atoms with Gasteiger partial charge < -0.3 is 11.1 Å². The van der Waals surface area contributed by atoms with Crippen molar-refractivity contribution in [2.24, 2.45) is 5.73 Å². The highest BCUT2D eigenvalue weighted by Gasteiger charge is 2.34. The summed E-state index contributed by atoms with van der Waals surface area (Å²) in [5.41, 5.74) is 7.03. The van der Waals surface area contributed by atoms with Gasteiger partial charge in [-0.2, -0.15) is 0 Å². The van der Waals surface area contributed by atoms with Crippen molar-refractivity contribution in [3.63, 3.8) is 0 Å². The van der Waals surface area contributed by atoms with Gasteiger partial charge in [-0.05, 0) is 31.5 Å². The van der Waals surface area contributed by atoms with Crippen LogP contribution in [0.15, 0.2) is 24.3 Å². The Morgan fingerprint density at radius 2 is 2.00 bits per heavy atom. The lowest BCUT2D eigenvalue weighted by atomic mass is 9.87. The molecule has 0 aliphatic carbocycles. The van der Waals surface area contributed by atoms with E-state index in [-0.39, 0.29) is 17.4 Å². The first kappa shape index (κ1) is 13.5. The van der Waals surface area contributed by atoms with Crippen LogP contribution in [-0.4, -0.2) is 36.6 Å². The highest BCUT2D eigenvalue weighted by Crippen LogP contribution is 2.29. The fourth-order valence-electron chi connectivity index (χ4n) is 2.55. The van der Waals surface area contributed by atoms with E-state index in [1.807, 2.05) is 6.07 Å². The fraction of sp³-hybridized carbons (Fsp3) is 0.571. The summed E-state index contributed by atoms with van der Waals surface area (Å²) in [4.78, 5) is 2.37. The molecule has 1 aromatic carbocycles. The molecule has 1 unspecified atom stereocenters. The Morgan fingerprint density at radius 1 is 1.33 bits per heavy atom. The summed E-state index contributed by atoms with van der Waals surface area (Å²) >= 11 is 0. The molecule has 0 spiro atoms. The molecule has 1 fully saturated rings. The molecule has 18 heavy (non-hydrogen) atoms. The molecular weight excluding hydrogens is 229 g/mol. The van der Waals surface area contributed by atoms with Gasteiger partial charge in [0.05, 0.1) is 0 Å². The number of nitrogens with zero attached hydrogens (tertiary/aromatic N) is 1. The Labute approximate surface area is 108 Å². The van der Waals surface area contributed by atoms with Gasteiger partial charge in [0.15, 0.2) is 0 Å². The lowest BCUT2D eigenvalue weighted by molar-refractivity contribution is 0.0800. The van der Waals surface area contributed by atoms with Gasteiger partial charge in [-0.3, -0.25) is 4.90 Å². The Bertz CT molecular complexity index is 400. The van der Waals surface area contributed by atoms with Crippen molar-refractivity contribution < 1.29 is 4.39 Å². The van der Waals surface area contributed by atoms with E-state index in [1.165, 1.54) is 12.1 Å². The number of nitrogens with one attached hydrogen (secondary N) is 1. The van der Waals surface area contributed by atoms with Crippen LogP contribution in [0.1, 0.15) is 25.5 Å². The third kappa shape index (κ3) is 2.71. The van der Waals surface area contributed by atoms with Gasteiger partial charge in [0.25, 0.3) is 0 Å². The summed E-state index contributed by atoms with van der Waals surface area (Å²) in [6.07, 6.45) is 0. The average Bonchev–Trinajstić information content (AvgIpc) is 2.39.